The van der Waals surface area contributed by atoms with Gasteiger partial charge >= 0.3 is 0 Å². The van der Waals surface area contributed by atoms with Gasteiger partial charge in [0.25, 0.3) is 0 Å². The number of carbonyl (C=O) groups excluding carboxylic acids is 1. The molecule has 0 radical (unpaired) electrons. The Bertz CT molecular complexity index is 627. The van der Waals surface area contributed by atoms with E-state index in [9.17, 15) is 4.79 Å². The Morgan fingerprint density at radius 2 is 1.91 bits per heavy atom. The van der Waals surface area contributed by atoms with E-state index in [1.807, 2.05) is 26.0 Å². The SMILES string of the molecule is COc1ccc(NC(=O)C(C)C)cc1OCc1ccncc1. The van der Waals surface area contributed by atoms with Gasteiger partial charge in [0.2, 0.25) is 5.91 Å². The molecule has 1 aromatic carbocycles. The van der Waals surface area contributed by atoms with Gasteiger partial charge in [-0.05, 0) is 29.8 Å². The maximum atomic E-state index is 11.8. The molecule has 0 fully saturated rings. The molecular formula is C17H20N2O3. The molecule has 1 aromatic heterocycles. The number of amides is 1. The van der Waals surface area contributed by atoms with E-state index in [1.165, 1.54) is 0 Å². The lowest BCUT2D eigenvalue weighted by molar-refractivity contribution is -0.118. The van der Waals surface area contributed by atoms with Crippen LogP contribution in [0, 0.1) is 5.92 Å². The number of ether oxygens (including phenoxy) is 2. The predicted molar refractivity (Wildman–Crippen MR) is 85.0 cm³/mol. The molecule has 0 spiro atoms. The highest BCUT2D eigenvalue weighted by molar-refractivity contribution is 5.92. The number of nitrogens with zero attached hydrogens (tertiary/aromatic N) is 1. The van der Waals surface area contributed by atoms with Crippen molar-refractivity contribution in [3.63, 3.8) is 0 Å². The molecule has 1 amide bonds. The average molecular weight is 300 g/mol. The number of nitrogens with one attached hydrogen (secondary N) is 1. The molecule has 0 aliphatic heterocycles. The maximum Gasteiger partial charge on any atom is 0.226 e. The summed E-state index contributed by atoms with van der Waals surface area (Å²) < 4.78 is 11.1. The third-order valence-corrected chi connectivity index (χ3v) is 3.10. The summed E-state index contributed by atoms with van der Waals surface area (Å²) in [7, 11) is 1.58. The van der Waals surface area contributed by atoms with E-state index in [0.29, 0.717) is 23.8 Å². The molecule has 1 heterocycles. The zero-order chi connectivity index (χ0) is 15.9. The van der Waals surface area contributed by atoms with E-state index >= 15 is 0 Å². The Labute approximate surface area is 130 Å². The van der Waals surface area contributed by atoms with Crippen LogP contribution in [0.2, 0.25) is 0 Å². The van der Waals surface area contributed by atoms with Crippen LogP contribution in [-0.4, -0.2) is 18.0 Å². The van der Waals surface area contributed by atoms with Gasteiger partial charge in [-0.2, -0.15) is 0 Å². The first kappa shape index (κ1) is 15.8. The molecule has 0 saturated carbocycles. The normalized spacial score (nSPS) is 10.4. The van der Waals surface area contributed by atoms with Crippen molar-refractivity contribution in [2.24, 2.45) is 5.92 Å². The van der Waals surface area contributed by atoms with Crippen molar-refractivity contribution < 1.29 is 14.3 Å². The van der Waals surface area contributed by atoms with Crippen LogP contribution >= 0.6 is 0 Å². The number of hydrogen-bond acceptors (Lipinski definition) is 4. The van der Waals surface area contributed by atoms with Crippen LogP contribution < -0.4 is 14.8 Å². The number of rotatable bonds is 6. The van der Waals surface area contributed by atoms with Crippen LogP contribution in [0.25, 0.3) is 0 Å². The molecule has 0 unspecified atom stereocenters. The number of benzene rings is 1. The van der Waals surface area contributed by atoms with Crippen molar-refractivity contribution in [1.29, 1.82) is 0 Å². The van der Waals surface area contributed by atoms with Crippen molar-refractivity contribution in [2.45, 2.75) is 20.5 Å². The molecule has 1 N–H and O–H groups in total. The quantitative estimate of drug-likeness (QED) is 0.889. The molecular weight excluding hydrogens is 280 g/mol. The first-order valence-corrected chi connectivity index (χ1v) is 7.10. The number of aromatic nitrogens is 1. The second kappa shape index (κ2) is 7.45. The van der Waals surface area contributed by atoms with Crippen LogP contribution in [0.5, 0.6) is 11.5 Å². The molecule has 0 saturated heterocycles. The van der Waals surface area contributed by atoms with Crippen molar-refractivity contribution in [2.75, 3.05) is 12.4 Å². The predicted octanol–water partition coefficient (Wildman–Crippen LogP) is 3.26. The van der Waals surface area contributed by atoms with Crippen molar-refractivity contribution in [1.82, 2.24) is 4.98 Å². The largest absolute Gasteiger partial charge is 0.493 e. The zero-order valence-electron chi connectivity index (χ0n) is 13.0. The highest BCUT2D eigenvalue weighted by atomic mass is 16.5. The molecule has 0 bridgehead atoms. The van der Waals surface area contributed by atoms with Gasteiger partial charge in [-0.25, -0.2) is 0 Å². The monoisotopic (exact) mass is 300 g/mol. The fraction of sp³-hybridized carbons (Fsp3) is 0.294. The zero-order valence-corrected chi connectivity index (χ0v) is 13.0. The summed E-state index contributed by atoms with van der Waals surface area (Å²) in [6, 6.07) is 9.10. The van der Waals surface area contributed by atoms with Gasteiger partial charge in [-0.1, -0.05) is 13.8 Å². The second-order valence-corrected chi connectivity index (χ2v) is 5.15. The van der Waals surface area contributed by atoms with E-state index < -0.39 is 0 Å². The van der Waals surface area contributed by atoms with Gasteiger partial charge in [0.05, 0.1) is 7.11 Å². The molecule has 22 heavy (non-hydrogen) atoms. The Morgan fingerprint density at radius 1 is 1.18 bits per heavy atom. The van der Waals surface area contributed by atoms with Crippen LogP contribution in [-0.2, 0) is 11.4 Å². The van der Waals surface area contributed by atoms with Crippen molar-refractivity contribution >= 4 is 11.6 Å². The second-order valence-electron chi connectivity index (χ2n) is 5.15. The van der Waals surface area contributed by atoms with Gasteiger partial charge in [0.1, 0.15) is 6.61 Å². The van der Waals surface area contributed by atoms with E-state index in [-0.39, 0.29) is 11.8 Å². The highest BCUT2D eigenvalue weighted by Crippen LogP contribution is 2.31. The van der Waals surface area contributed by atoms with Crippen LogP contribution in [0.4, 0.5) is 5.69 Å². The van der Waals surface area contributed by atoms with E-state index in [4.69, 9.17) is 9.47 Å². The first-order valence-electron chi connectivity index (χ1n) is 7.10. The van der Waals surface area contributed by atoms with E-state index in [0.717, 1.165) is 5.56 Å². The minimum Gasteiger partial charge on any atom is -0.493 e. The summed E-state index contributed by atoms with van der Waals surface area (Å²) in [5.41, 5.74) is 1.69. The summed E-state index contributed by atoms with van der Waals surface area (Å²) in [5, 5.41) is 2.85. The van der Waals surface area contributed by atoms with Gasteiger partial charge in [0, 0.05) is 30.1 Å². The number of carbonyl (C=O) groups is 1. The third kappa shape index (κ3) is 4.22. The topological polar surface area (TPSA) is 60.5 Å². The van der Waals surface area contributed by atoms with E-state index in [1.54, 1.807) is 37.7 Å². The number of pyridine rings is 1. The standard InChI is InChI=1S/C17H20N2O3/c1-12(2)17(20)19-14-4-5-15(21-3)16(10-14)22-11-13-6-8-18-9-7-13/h4-10,12H,11H2,1-3H3,(H,19,20). The molecule has 5 nitrogen and oxygen atoms in total. The van der Waals surface area contributed by atoms with Crippen molar-refractivity contribution in [3.05, 3.63) is 48.3 Å². The molecule has 0 aliphatic rings. The fourth-order valence-corrected chi connectivity index (χ4v) is 1.79. The molecule has 5 heteroatoms. The van der Waals surface area contributed by atoms with Gasteiger partial charge in [-0.15, -0.1) is 0 Å². The third-order valence-electron chi connectivity index (χ3n) is 3.10. The van der Waals surface area contributed by atoms with Crippen LogP contribution in [0.15, 0.2) is 42.7 Å². The summed E-state index contributed by atoms with van der Waals surface area (Å²) in [4.78, 5) is 15.7. The lowest BCUT2D eigenvalue weighted by Gasteiger charge is -2.13. The Balaban J connectivity index is 2.12. The van der Waals surface area contributed by atoms with Crippen LogP contribution in [0.1, 0.15) is 19.4 Å². The number of methoxy groups -OCH3 is 1. The van der Waals surface area contributed by atoms with Gasteiger partial charge < -0.3 is 14.8 Å². The smallest absolute Gasteiger partial charge is 0.226 e. The van der Waals surface area contributed by atoms with Gasteiger partial charge in [-0.3, -0.25) is 9.78 Å². The molecule has 2 rings (SSSR count). The molecule has 2 aromatic rings. The lowest BCUT2D eigenvalue weighted by atomic mass is 10.2. The minimum atomic E-state index is -0.0803. The molecule has 0 atom stereocenters. The Hall–Kier alpha value is -2.56. The van der Waals surface area contributed by atoms with E-state index in [2.05, 4.69) is 10.3 Å². The average Bonchev–Trinajstić information content (AvgIpc) is 2.54. The summed E-state index contributed by atoms with van der Waals surface area (Å²) >= 11 is 0. The van der Waals surface area contributed by atoms with Crippen LogP contribution in [0.3, 0.4) is 0 Å². The lowest BCUT2D eigenvalue weighted by Crippen LogP contribution is -2.17. The summed E-state index contributed by atoms with van der Waals surface area (Å²) in [6.07, 6.45) is 3.43. The Kier molecular flexibility index (Phi) is 5.36. The number of anilines is 1. The van der Waals surface area contributed by atoms with Gasteiger partial charge in [0.15, 0.2) is 11.5 Å². The fourth-order valence-electron chi connectivity index (χ4n) is 1.79. The number of hydrogen-bond donors (Lipinski definition) is 1. The highest BCUT2D eigenvalue weighted by Gasteiger charge is 2.10. The minimum absolute atomic E-state index is 0.0368. The molecule has 116 valence electrons. The Morgan fingerprint density at radius 3 is 2.55 bits per heavy atom. The van der Waals surface area contributed by atoms with Crippen molar-refractivity contribution in [3.8, 4) is 11.5 Å². The summed E-state index contributed by atoms with van der Waals surface area (Å²) in [6.45, 7) is 4.10. The maximum absolute atomic E-state index is 11.8. The first-order chi connectivity index (χ1) is 10.6. The summed E-state index contributed by atoms with van der Waals surface area (Å²) in [5.74, 6) is 1.09. The molecule has 0 aliphatic carbocycles.